The van der Waals surface area contributed by atoms with Crippen molar-refractivity contribution < 1.29 is 26.0 Å². The maximum absolute atomic E-state index is 13.3. The number of hydrogen-bond donors (Lipinski definition) is 2. The van der Waals surface area contributed by atoms with Crippen LogP contribution in [0, 0.1) is 12.7 Å². The van der Waals surface area contributed by atoms with Gasteiger partial charge in [0.15, 0.2) is 0 Å². The number of hydrogen-bond acceptors (Lipinski definition) is 5. The molecule has 3 aromatic rings. The second-order valence-electron chi connectivity index (χ2n) is 7.91. The number of halogens is 2. The van der Waals surface area contributed by atoms with Gasteiger partial charge < -0.3 is 5.32 Å². The number of rotatable bonds is 11. The normalized spacial score (nSPS) is 12.0. The van der Waals surface area contributed by atoms with Crippen LogP contribution < -0.4 is 10.0 Å². The van der Waals surface area contributed by atoms with Crippen molar-refractivity contribution in [2.24, 2.45) is 0 Å². The molecule has 3 rings (SSSR count). The molecule has 0 saturated carbocycles. The molecule has 0 heterocycles. The summed E-state index contributed by atoms with van der Waals surface area (Å²) in [5.74, 6) is -1.11. The summed E-state index contributed by atoms with van der Waals surface area (Å²) in [4.78, 5) is 12.6. The molecule has 0 aromatic heterocycles. The predicted molar refractivity (Wildman–Crippen MR) is 135 cm³/mol. The third kappa shape index (κ3) is 7.58. The summed E-state index contributed by atoms with van der Waals surface area (Å²) in [6.07, 6.45) is 0. The van der Waals surface area contributed by atoms with Gasteiger partial charge in [-0.2, -0.15) is 4.31 Å². The smallest absolute Gasteiger partial charge is 0.243 e. The van der Waals surface area contributed by atoms with Crippen molar-refractivity contribution in [3.8, 4) is 0 Å². The number of sulfonamides is 2. The maximum Gasteiger partial charge on any atom is 0.243 e. The largest absolute Gasteiger partial charge is 0.354 e. The Hall–Kier alpha value is -2.83. The molecule has 3 aromatic carbocycles. The minimum absolute atomic E-state index is 0.0602. The van der Waals surface area contributed by atoms with Crippen LogP contribution >= 0.6 is 11.6 Å². The molecule has 0 aliphatic rings. The van der Waals surface area contributed by atoms with Gasteiger partial charge in [0.2, 0.25) is 26.0 Å². The molecule has 0 aliphatic carbocycles. The monoisotopic (exact) mass is 553 g/mol. The fraction of sp³-hybridized carbons (Fsp3) is 0.208. The van der Waals surface area contributed by atoms with Crippen molar-refractivity contribution in [3.05, 3.63) is 94.8 Å². The van der Waals surface area contributed by atoms with Crippen LogP contribution in [0.2, 0.25) is 5.02 Å². The van der Waals surface area contributed by atoms with Crippen LogP contribution in [-0.4, -0.2) is 46.7 Å². The zero-order valence-corrected chi connectivity index (χ0v) is 21.7. The van der Waals surface area contributed by atoms with E-state index >= 15 is 0 Å². The highest BCUT2D eigenvalue weighted by molar-refractivity contribution is 7.89. The molecule has 1 amide bonds. The fourth-order valence-electron chi connectivity index (χ4n) is 3.18. The van der Waals surface area contributed by atoms with Crippen LogP contribution in [0.15, 0.2) is 82.6 Å². The van der Waals surface area contributed by atoms with E-state index in [1.165, 1.54) is 60.7 Å². The molecule has 2 N–H and O–H groups in total. The number of nitrogens with one attached hydrogen (secondary N) is 2. The summed E-state index contributed by atoms with van der Waals surface area (Å²) < 4.78 is 67.8. The molecular weight excluding hydrogens is 529 g/mol. The Morgan fingerprint density at radius 1 is 0.861 bits per heavy atom. The van der Waals surface area contributed by atoms with Crippen molar-refractivity contribution in [2.45, 2.75) is 23.3 Å². The van der Waals surface area contributed by atoms with Crippen LogP contribution in [0.1, 0.15) is 11.1 Å². The van der Waals surface area contributed by atoms with Crippen molar-refractivity contribution in [1.29, 1.82) is 0 Å². The molecule has 36 heavy (non-hydrogen) atoms. The highest BCUT2D eigenvalue weighted by Gasteiger charge is 2.27. The van der Waals surface area contributed by atoms with Crippen molar-refractivity contribution in [2.75, 3.05) is 19.6 Å². The average Bonchev–Trinajstić information content (AvgIpc) is 2.83. The van der Waals surface area contributed by atoms with E-state index < -0.39 is 38.3 Å². The van der Waals surface area contributed by atoms with Gasteiger partial charge in [-0.25, -0.2) is 25.9 Å². The Labute approximate surface area is 215 Å². The van der Waals surface area contributed by atoms with E-state index in [0.717, 1.165) is 9.87 Å². The molecule has 192 valence electrons. The second kappa shape index (κ2) is 11.9. The quantitative estimate of drug-likeness (QED) is 0.354. The maximum atomic E-state index is 13.3. The molecular formula is C24H25ClFN3O5S2. The van der Waals surface area contributed by atoms with Crippen LogP contribution in [-0.2, 0) is 31.4 Å². The fourth-order valence-corrected chi connectivity index (χ4v) is 5.72. The van der Waals surface area contributed by atoms with Gasteiger partial charge in [-0.15, -0.1) is 0 Å². The topological polar surface area (TPSA) is 113 Å². The summed E-state index contributed by atoms with van der Waals surface area (Å²) in [6, 6.07) is 17.0. The summed E-state index contributed by atoms with van der Waals surface area (Å²) in [5, 5.41) is 2.87. The van der Waals surface area contributed by atoms with Crippen LogP contribution in [0.25, 0.3) is 0 Å². The molecule has 0 unspecified atom stereocenters. The second-order valence-corrected chi connectivity index (χ2v) is 12.1. The molecule has 0 spiro atoms. The average molecular weight is 554 g/mol. The van der Waals surface area contributed by atoms with E-state index in [1.54, 1.807) is 12.1 Å². The van der Waals surface area contributed by atoms with Crippen LogP contribution in [0.4, 0.5) is 4.39 Å². The van der Waals surface area contributed by atoms with Gasteiger partial charge in [0, 0.05) is 24.7 Å². The molecule has 0 bridgehead atoms. The molecule has 0 aliphatic heterocycles. The molecule has 12 heteroatoms. The predicted octanol–water partition coefficient (Wildman–Crippen LogP) is 3.07. The lowest BCUT2D eigenvalue weighted by molar-refractivity contribution is -0.121. The Balaban J connectivity index is 1.66. The Morgan fingerprint density at radius 3 is 2.06 bits per heavy atom. The molecule has 0 fully saturated rings. The third-order valence-corrected chi connectivity index (χ3v) is 8.65. The van der Waals surface area contributed by atoms with Gasteiger partial charge in [0.1, 0.15) is 5.82 Å². The van der Waals surface area contributed by atoms with Gasteiger partial charge in [-0.3, -0.25) is 4.79 Å². The van der Waals surface area contributed by atoms with E-state index in [4.69, 9.17) is 11.6 Å². The molecule has 0 radical (unpaired) electrons. The van der Waals surface area contributed by atoms with Gasteiger partial charge in [-0.1, -0.05) is 41.4 Å². The van der Waals surface area contributed by atoms with E-state index in [1.807, 2.05) is 6.92 Å². The number of carbonyl (C=O) groups excluding carboxylic acids is 1. The van der Waals surface area contributed by atoms with E-state index in [0.29, 0.717) is 10.6 Å². The zero-order valence-electron chi connectivity index (χ0n) is 19.3. The first-order valence-electron chi connectivity index (χ1n) is 10.8. The summed E-state index contributed by atoms with van der Waals surface area (Å²) >= 11 is 5.86. The molecule has 0 atom stereocenters. The number of carbonyl (C=O) groups is 1. The van der Waals surface area contributed by atoms with E-state index in [-0.39, 0.29) is 29.4 Å². The highest BCUT2D eigenvalue weighted by Crippen LogP contribution is 2.20. The van der Waals surface area contributed by atoms with Crippen LogP contribution in [0.3, 0.4) is 0 Å². The van der Waals surface area contributed by atoms with Crippen LogP contribution in [0.5, 0.6) is 0 Å². The van der Waals surface area contributed by atoms with Gasteiger partial charge in [-0.05, 0) is 61.0 Å². The Morgan fingerprint density at radius 2 is 1.44 bits per heavy atom. The number of benzene rings is 3. The van der Waals surface area contributed by atoms with Gasteiger partial charge in [0.05, 0.1) is 16.3 Å². The number of amides is 1. The van der Waals surface area contributed by atoms with Crippen molar-refractivity contribution in [3.63, 3.8) is 0 Å². The SMILES string of the molecule is Cc1ccc(S(=O)(=O)NCCNC(=O)CN(Cc2ccc(F)cc2)S(=O)(=O)c2ccc(Cl)cc2)cc1. The lowest BCUT2D eigenvalue weighted by Crippen LogP contribution is -2.42. The minimum Gasteiger partial charge on any atom is -0.354 e. The van der Waals surface area contributed by atoms with Crippen molar-refractivity contribution >= 4 is 37.6 Å². The van der Waals surface area contributed by atoms with Gasteiger partial charge in [0.25, 0.3) is 0 Å². The first kappa shape index (κ1) is 27.8. The number of aryl methyl sites for hydroxylation is 1. The minimum atomic E-state index is -4.11. The summed E-state index contributed by atoms with van der Waals surface area (Å²) in [5.41, 5.74) is 1.40. The van der Waals surface area contributed by atoms with Gasteiger partial charge >= 0.3 is 0 Å². The highest BCUT2D eigenvalue weighted by atomic mass is 35.5. The summed E-state index contributed by atoms with van der Waals surface area (Å²) in [6.45, 7) is 0.969. The Bertz CT molecular complexity index is 1400. The molecule has 0 saturated heterocycles. The zero-order chi connectivity index (χ0) is 26.3. The first-order chi connectivity index (χ1) is 17.0. The Kier molecular flexibility index (Phi) is 9.20. The number of nitrogens with zero attached hydrogens (tertiary/aromatic N) is 1. The van der Waals surface area contributed by atoms with Crippen molar-refractivity contribution in [1.82, 2.24) is 14.3 Å². The lowest BCUT2D eigenvalue weighted by atomic mass is 10.2. The van der Waals surface area contributed by atoms with E-state index in [2.05, 4.69) is 10.0 Å². The first-order valence-corrected chi connectivity index (χ1v) is 14.1. The standard InChI is InChI=1S/C24H25ClFN3O5S2/c1-18-2-10-22(11-3-18)35(31,32)28-15-14-27-24(30)17-29(16-19-4-8-21(26)9-5-19)36(33,34)23-12-6-20(25)7-13-23/h2-13,28H,14-17H2,1H3,(H,27,30). The third-order valence-electron chi connectivity index (χ3n) is 5.11. The summed E-state index contributed by atoms with van der Waals surface area (Å²) in [7, 11) is -7.86. The molecule has 8 nitrogen and oxygen atoms in total. The van der Waals surface area contributed by atoms with E-state index in [9.17, 15) is 26.0 Å². The lowest BCUT2D eigenvalue weighted by Gasteiger charge is -2.22.